The van der Waals surface area contributed by atoms with Crippen molar-refractivity contribution in [1.29, 1.82) is 0 Å². The molecule has 1 saturated carbocycles. The Morgan fingerprint density at radius 1 is 1.14 bits per heavy atom. The number of aromatic amines is 1. The number of rotatable bonds is 5. The summed E-state index contributed by atoms with van der Waals surface area (Å²) in [6.45, 7) is 6.59. The number of fused-ring (bicyclic) bond motifs is 1. The maximum atomic E-state index is 14.7. The SMILES string of the molecule is Cc1nc2c(F)cc(CN3CCN(c4cnc(C(=O)NC5CCC5)c(F)c4)CC3)c(C)c2[nH]c1=O. The molecule has 10 heteroatoms. The second-order valence-electron chi connectivity index (χ2n) is 9.41. The first-order valence-electron chi connectivity index (χ1n) is 11.9. The van der Waals surface area contributed by atoms with Crippen LogP contribution in [0.1, 0.15) is 46.6 Å². The number of nitrogens with zero attached hydrogens (tertiary/aromatic N) is 4. The van der Waals surface area contributed by atoms with Crippen LogP contribution in [0.5, 0.6) is 0 Å². The minimum absolute atomic E-state index is 0.122. The average molecular weight is 483 g/mol. The molecule has 3 aromatic rings. The topological polar surface area (TPSA) is 94.2 Å². The van der Waals surface area contributed by atoms with Crippen LogP contribution in [0.2, 0.25) is 0 Å². The molecule has 0 unspecified atom stereocenters. The van der Waals surface area contributed by atoms with Crippen molar-refractivity contribution in [2.24, 2.45) is 0 Å². The molecule has 3 heterocycles. The van der Waals surface area contributed by atoms with Crippen LogP contribution in [0.4, 0.5) is 14.5 Å². The van der Waals surface area contributed by atoms with Gasteiger partial charge < -0.3 is 15.2 Å². The summed E-state index contributed by atoms with van der Waals surface area (Å²) in [5, 5.41) is 2.81. The standard InChI is InChI=1S/C25H28F2N6O2/c1-14-16(10-19(26)22-21(14)31-24(34)15(2)29-22)13-32-6-8-33(9-7-32)18-11-20(27)23(28-12-18)25(35)30-17-4-3-5-17/h10-12,17H,3-9,13H2,1-2H3,(H,30,35)(H,31,34). The summed E-state index contributed by atoms with van der Waals surface area (Å²) in [5.74, 6) is -1.54. The minimum atomic E-state index is -0.623. The van der Waals surface area contributed by atoms with Crippen LogP contribution < -0.4 is 15.8 Å². The Hall–Kier alpha value is -3.40. The van der Waals surface area contributed by atoms with Crippen molar-refractivity contribution in [1.82, 2.24) is 25.2 Å². The Balaban J connectivity index is 1.24. The number of aromatic nitrogens is 3. The van der Waals surface area contributed by atoms with E-state index in [4.69, 9.17) is 0 Å². The molecular weight excluding hydrogens is 454 g/mol. The predicted molar refractivity (Wildman–Crippen MR) is 129 cm³/mol. The number of piperazine rings is 1. The summed E-state index contributed by atoms with van der Waals surface area (Å²) < 4.78 is 29.3. The first-order chi connectivity index (χ1) is 16.8. The first-order valence-corrected chi connectivity index (χ1v) is 11.9. The summed E-state index contributed by atoms with van der Waals surface area (Å²) in [6, 6.07) is 2.98. The van der Waals surface area contributed by atoms with E-state index in [0.717, 1.165) is 30.4 Å². The lowest BCUT2D eigenvalue weighted by Gasteiger charge is -2.36. The zero-order valence-electron chi connectivity index (χ0n) is 19.8. The second kappa shape index (κ2) is 9.33. The predicted octanol–water partition coefficient (Wildman–Crippen LogP) is 2.82. The van der Waals surface area contributed by atoms with Crippen LogP contribution >= 0.6 is 0 Å². The maximum Gasteiger partial charge on any atom is 0.273 e. The van der Waals surface area contributed by atoms with Gasteiger partial charge >= 0.3 is 0 Å². The van der Waals surface area contributed by atoms with E-state index >= 15 is 0 Å². The molecule has 1 saturated heterocycles. The molecule has 2 N–H and O–H groups in total. The number of anilines is 1. The molecular formula is C25H28F2N6O2. The summed E-state index contributed by atoms with van der Waals surface area (Å²) in [7, 11) is 0. The molecule has 1 aliphatic carbocycles. The van der Waals surface area contributed by atoms with Crippen LogP contribution in [0.3, 0.4) is 0 Å². The van der Waals surface area contributed by atoms with Crippen molar-refractivity contribution in [3.8, 4) is 0 Å². The number of aryl methyl sites for hydroxylation is 2. The van der Waals surface area contributed by atoms with Crippen molar-refractivity contribution in [2.75, 3.05) is 31.1 Å². The highest BCUT2D eigenvalue weighted by Crippen LogP contribution is 2.25. The van der Waals surface area contributed by atoms with Gasteiger partial charge in [0.2, 0.25) is 0 Å². The number of amides is 1. The molecule has 2 aliphatic rings. The number of halogens is 2. The van der Waals surface area contributed by atoms with Gasteiger partial charge in [-0.2, -0.15) is 0 Å². The van der Waals surface area contributed by atoms with Gasteiger partial charge in [0.05, 0.1) is 17.4 Å². The van der Waals surface area contributed by atoms with E-state index in [1.54, 1.807) is 13.1 Å². The summed E-state index contributed by atoms with van der Waals surface area (Å²) in [5.41, 5.74) is 2.57. The molecule has 0 radical (unpaired) electrons. The molecule has 0 atom stereocenters. The number of carbonyl (C=O) groups is 1. The zero-order valence-corrected chi connectivity index (χ0v) is 19.8. The number of hydrogen-bond donors (Lipinski definition) is 2. The zero-order chi connectivity index (χ0) is 24.7. The molecule has 0 bridgehead atoms. The van der Waals surface area contributed by atoms with Crippen molar-refractivity contribution >= 4 is 22.6 Å². The van der Waals surface area contributed by atoms with Gasteiger partial charge in [-0.1, -0.05) is 0 Å². The lowest BCUT2D eigenvalue weighted by atomic mass is 9.93. The third-order valence-electron chi connectivity index (χ3n) is 7.08. The molecule has 1 aliphatic heterocycles. The smallest absolute Gasteiger partial charge is 0.273 e. The van der Waals surface area contributed by atoms with Crippen molar-refractivity contribution in [2.45, 2.75) is 45.7 Å². The monoisotopic (exact) mass is 482 g/mol. The quantitative estimate of drug-likeness (QED) is 0.581. The van der Waals surface area contributed by atoms with Crippen LogP contribution in [0.15, 0.2) is 23.1 Å². The third kappa shape index (κ3) is 4.62. The Kier molecular flexibility index (Phi) is 6.22. The molecule has 0 spiro atoms. The summed E-state index contributed by atoms with van der Waals surface area (Å²) in [6.07, 6.45) is 4.48. The number of H-pyrrole nitrogens is 1. The highest BCUT2D eigenvalue weighted by atomic mass is 19.1. The Morgan fingerprint density at radius 2 is 1.89 bits per heavy atom. The number of carbonyl (C=O) groups excluding carboxylic acids is 1. The van der Waals surface area contributed by atoms with E-state index in [9.17, 15) is 18.4 Å². The summed E-state index contributed by atoms with van der Waals surface area (Å²) >= 11 is 0. The minimum Gasteiger partial charge on any atom is -0.368 e. The van der Waals surface area contributed by atoms with Crippen LogP contribution in [0, 0.1) is 25.5 Å². The average Bonchev–Trinajstić information content (AvgIpc) is 2.81. The van der Waals surface area contributed by atoms with Crippen LogP contribution in [-0.2, 0) is 6.54 Å². The lowest BCUT2D eigenvalue weighted by molar-refractivity contribution is 0.0907. The van der Waals surface area contributed by atoms with Crippen LogP contribution in [-0.4, -0.2) is 58.0 Å². The molecule has 184 valence electrons. The number of nitrogens with one attached hydrogen (secondary N) is 2. The Bertz CT molecular complexity index is 1350. The van der Waals surface area contributed by atoms with Gasteiger partial charge in [0.25, 0.3) is 11.5 Å². The largest absolute Gasteiger partial charge is 0.368 e. The molecule has 2 aromatic heterocycles. The van der Waals surface area contributed by atoms with Crippen molar-refractivity contribution < 1.29 is 13.6 Å². The van der Waals surface area contributed by atoms with Crippen molar-refractivity contribution in [3.05, 3.63) is 62.8 Å². The normalized spacial score (nSPS) is 17.0. The Morgan fingerprint density at radius 3 is 2.54 bits per heavy atom. The fourth-order valence-corrected chi connectivity index (χ4v) is 4.62. The van der Waals surface area contributed by atoms with Crippen LogP contribution in [0.25, 0.3) is 11.0 Å². The highest BCUT2D eigenvalue weighted by molar-refractivity contribution is 5.93. The Labute approximate surface area is 201 Å². The first kappa shape index (κ1) is 23.3. The fraction of sp³-hybridized carbons (Fsp3) is 0.440. The van der Waals surface area contributed by atoms with Gasteiger partial charge in [0.1, 0.15) is 11.2 Å². The number of hydrogen-bond acceptors (Lipinski definition) is 6. The van der Waals surface area contributed by atoms with E-state index in [1.807, 2.05) is 11.8 Å². The molecule has 5 rings (SSSR count). The lowest BCUT2D eigenvalue weighted by Crippen LogP contribution is -2.46. The molecule has 1 amide bonds. The van der Waals surface area contributed by atoms with Gasteiger partial charge in [0.15, 0.2) is 17.3 Å². The molecule has 35 heavy (non-hydrogen) atoms. The highest BCUT2D eigenvalue weighted by Gasteiger charge is 2.24. The van der Waals surface area contributed by atoms with E-state index in [0.29, 0.717) is 43.9 Å². The van der Waals surface area contributed by atoms with E-state index < -0.39 is 17.5 Å². The van der Waals surface area contributed by atoms with E-state index in [2.05, 4.69) is 25.2 Å². The summed E-state index contributed by atoms with van der Waals surface area (Å²) in [4.78, 5) is 39.4. The fourth-order valence-electron chi connectivity index (χ4n) is 4.62. The van der Waals surface area contributed by atoms with E-state index in [1.165, 1.54) is 12.1 Å². The number of benzene rings is 1. The van der Waals surface area contributed by atoms with Gasteiger partial charge in [0, 0.05) is 44.8 Å². The maximum absolute atomic E-state index is 14.7. The number of pyridine rings is 1. The van der Waals surface area contributed by atoms with Gasteiger partial charge in [-0.05, 0) is 50.3 Å². The molecule has 1 aromatic carbocycles. The molecule has 2 fully saturated rings. The van der Waals surface area contributed by atoms with Crippen molar-refractivity contribution in [3.63, 3.8) is 0 Å². The third-order valence-corrected chi connectivity index (χ3v) is 7.08. The molecule has 8 nitrogen and oxygen atoms in total. The second-order valence-corrected chi connectivity index (χ2v) is 9.41. The van der Waals surface area contributed by atoms with Gasteiger partial charge in [-0.3, -0.25) is 14.5 Å². The van der Waals surface area contributed by atoms with E-state index in [-0.39, 0.29) is 28.5 Å². The van der Waals surface area contributed by atoms with Gasteiger partial charge in [-0.15, -0.1) is 0 Å². The van der Waals surface area contributed by atoms with Gasteiger partial charge in [-0.25, -0.2) is 18.7 Å².